The van der Waals surface area contributed by atoms with Crippen LogP contribution >= 0.6 is 11.8 Å². The number of carboxylic acid groups (broad SMARTS) is 1. The quantitative estimate of drug-likeness (QED) is 0.875. The first-order valence-electron chi connectivity index (χ1n) is 6.14. The fraction of sp³-hybridized carbons (Fsp3) is 0.667. The summed E-state index contributed by atoms with van der Waals surface area (Å²) < 4.78 is 2.05. The van der Waals surface area contributed by atoms with Gasteiger partial charge in [0.2, 0.25) is 0 Å². The Kier molecular flexibility index (Phi) is 2.86. The van der Waals surface area contributed by atoms with E-state index in [-0.39, 0.29) is 5.92 Å². The molecule has 17 heavy (non-hydrogen) atoms. The SMILES string of the molecule is O=C(O)C1CCc2nc(C3CCCS3)cn2C1. The van der Waals surface area contributed by atoms with Crippen molar-refractivity contribution in [2.45, 2.75) is 37.5 Å². The number of rotatable bonds is 2. The highest BCUT2D eigenvalue weighted by molar-refractivity contribution is 7.99. The number of carboxylic acids is 1. The Hall–Kier alpha value is -0.970. The fourth-order valence-electron chi connectivity index (χ4n) is 2.63. The smallest absolute Gasteiger partial charge is 0.308 e. The summed E-state index contributed by atoms with van der Waals surface area (Å²) >= 11 is 1.97. The normalized spacial score (nSPS) is 28.0. The number of aliphatic carboxylic acids is 1. The lowest BCUT2D eigenvalue weighted by Crippen LogP contribution is -2.26. The Morgan fingerprint density at radius 1 is 1.53 bits per heavy atom. The zero-order valence-electron chi connectivity index (χ0n) is 9.63. The first-order valence-corrected chi connectivity index (χ1v) is 7.19. The van der Waals surface area contributed by atoms with Crippen molar-refractivity contribution in [3.63, 3.8) is 0 Å². The molecule has 1 saturated heterocycles. The van der Waals surface area contributed by atoms with Crippen LogP contribution in [-0.2, 0) is 17.8 Å². The average Bonchev–Trinajstić information content (AvgIpc) is 2.96. The third-order valence-corrected chi connectivity index (χ3v) is 5.02. The topological polar surface area (TPSA) is 55.1 Å². The molecular weight excluding hydrogens is 236 g/mol. The van der Waals surface area contributed by atoms with Gasteiger partial charge in [0.05, 0.1) is 11.6 Å². The molecule has 1 N–H and O–H groups in total. The van der Waals surface area contributed by atoms with E-state index in [1.54, 1.807) is 0 Å². The van der Waals surface area contributed by atoms with Crippen LogP contribution < -0.4 is 0 Å². The number of carbonyl (C=O) groups is 1. The summed E-state index contributed by atoms with van der Waals surface area (Å²) in [4.78, 5) is 15.7. The fourth-order valence-corrected chi connectivity index (χ4v) is 3.87. The molecule has 0 radical (unpaired) electrons. The van der Waals surface area contributed by atoms with Gasteiger partial charge in [-0.2, -0.15) is 11.8 Å². The third-order valence-electron chi connectivity index (χ3n) is 3.62. The predicted octanol–water partition coefficient (Wildman–Crippen LogP) is 2.10. The minimum absolute atomic E-state index is 0.235. The molecule has 3 heterocycles. The first kappa shape index (κ1) is 11.1. The number of aromatic nitrogens is 2. The molecule has 5 heteroatoms. The lowest BCUT2D eigenvalue weighted by molar-refractivity contribution is -0.142. The highest BCUT2D eigenvalue weighted by Crippen LogP contribution is 2.39. The van der Waals surface area contributed by atoms with Crippen molar-refractivity contribution in [2.24, 2.45) is 5.92 Å². The summed E-state index contributed by atoms with van der Waals surface area (Å²) in [6.07, 6.45) is 6.09. The largest absolute Gasteiger partial charge is 0.481 e. The maximum absolute atomic E-state index is 11.0. The van der Waals surface area contributed by atoms with E-state index in [0.29, 0.717) is 11.8 Å². The Balaban J connectivity index is 1.81. The van der Waals surface area contributed by atoms with Crippen molar-refractivity contribution >= 4 is 17.7 Å². The monoisotopic (exact) mass is 252 g/mol. The van der Waals surface area contributed by atoms with Gasteiger partial charge in [0.1, 0.15) is 5.82 Å². The number of imidazole rings is 1. The van der Waals surface area contributed by atoms with Crippen LogP contribution in [-0.4, -0.2) is 26.4 Å². The van der Waals surface area contributed by atoms with Crippen molar-refractivity contribution in [2.75, 3.05) is 5.75 Å². The Morgan fingerprint density at radius 3 is 3.12 bits per heavy atom. The van der Waals surface area contributed by atoms with E-state index in [2.05, 4.69) is 15.7 Å². The van der Waals surface area contributed by atoms with E-state index in [4.69, 9.17) is 5.11 Å². The van der Waals surface area contributed by atoms with Crippen molar-refractivity contribution < 1.29 is 9.90 Å². The van der Waals surface area contributed by atoms with Crippen LogP contribution in [0, 0.1) is 5.92 Å². The molecule has 0 amide bonds. The van der Waals surface area contributed by atoms with Gasteiger partial charge in [-0.3, -0.25) is 4.79 Å². The molecule has 0 aliphatic carbocycles. The number of hydrogen-bond acceptors (Lipinski definition) is 3. The molecule has 92 valence electrons. The maximum Gasteiger partial charge on any atom is 0.308 e. The van der Waals surface area contributed by atoms with Crippen LogP contribution in [0.3, 0.4) is 0 Å². The molecule has 2 aliphatic rings. The number of aryl methyl sites for hydroxylation is 1. The minimum atomic E-state index is -0.679. The zero-order valence-corrected chi connectivity index (χ0v) is 10.4. The lowest BCUT2D eigenvalue weighted by atomic mass is 10.00. The van der Waals surface area contributed by atoms with Gasteiger partial charge in [-0.1, -0.05) is 0 Å². The van der Waals surface area contributed by atoms with Crippen LogP contribution in [0.15, 0.2) is 6.20 Å². The molecule has 0 bridgehead atoms. The summed E-state index contributed by atoms with van der Waals surface area (Å²) in [7, 11) is 0. The van der Waals surface area contributed by atoms with Gasteiger partial charge < -0.3 is 9.67 Å². The van der Waals surface area contributed by atoms with Crippen LogP contribution in [0.4, 0.5) is 0 Å². The van der Waals surface area contributed by atoms with E-state index in [1.807, 2.05) is 11.8 Å². The molecule has 2 atom stereocenters. The molecule has 1 aromatic heterocycles. The van der Waals surface area contributed by atoms with Crippen LogP contribution in [0.5, 0.6) is 0 Å². The van der Waals surface area contributed by atoms with Gasteiger partial charge in [0, 0.05) is 24.4 Å². The number of nitrogens with zero attached hydrogens (tertiary/aromatic N) is 2. The van der Waals surface area contributed by atoms with Gasteiger partial charge in [0.15, 0.2) is 0 Å². The van der Waals surface area contributed by atoms with E-state index in [1.165, 1.54) is 18.6 Å². The Bertz CT molecular complexity index is 438. The predicted molar refractivity (Wildman–Crippen MR) is 66.1 cm³/mol. The van der Waals surface area contributed by atoms with E-state index in [9.17, 15) is 4.79 Å². The molecule has 0 spiro atoms. The summed E-state index contributed by atoms with van der Waals surface area (Å²) in [6, 6.07) is 0. The molecule has 2 aliphatic heterocycles. The van der Waals surface area contributed by atoms with Crippen LogP contribution in [0.2, 0.25) is 0 Å². The van der Waals surface area contributed by atoms with Crippen molar-refractivity contribution in [1.29, 1.82) is 0 Å². The summed E-state index contributed by atoms with van der Waals surface area (Å²) in [5, 5.41) is 9.58. The molecule has 3 rings (SSSR count). The number of fused-ring (bicyclic) bond motifs is 1. The van der Waals surface area contributed by atoms with E-state index >= 15 is 0 Å². The van der Waals surface area contributed by atoms with Crippen molar-refractivity contribution in [1.82, 2.24) is 9.55 Å². The van der Waals surface area contributed by atoms with Crippen molar-refractivity contribution in [3.8, 4) is 0 Å². The highest BCUT2D eigenvalue weighted by atomic mass is 32.2. The van der Waals surface area contributed by atoms with Gasteiger partial charge >= 0.3 is 5.97 Å². The minimum Gasteiger partial charge on any atom is -0.481 e. The molecule has 0 aromatic carbocycles. The number of thioether (sulfide) groups is 1. The van der Waals surface area contributed by atoms with Gasteiger partial charge in [-0.25, -0.2) is 4.98 Å². The number of hydrogen-bond donors (Lipinski definition) is 1. The Labute approximate surface area is 104 Å². The molecule has 0 saturated carbocycles. The zero-order chi connectivity index (χ0) is 11.8. The summed E-state index contributed by atoms with van der Waals surface area (Å²) in [5.41, 5.74) is 1.16. The molecule has 2 unspecified atom stereocenters. The molecular formula is C12H16N2O2S. The maximum atomic E-state index is 11.0. The standard InChI is InChI=1S/C12H16N2O2S/c15-12(16)8-3-4-11-13-9(7-14(11)6-8)10-2-1-5-17-10/h7-8,10H,1-6H2,(H,15,16). The highest BCUT2D eigenvalue weighted by Gasteiger charge is 2.27. The van der Waals surface area contributed by atoms with E-state index < -0.39 is 5.97 Å². The van der Waals surface area contributed by atoms with Gasteiger partial charge in [0.25, 0.3) is 0 Å². The summed E-state index contributed by atoms with van der Waals surface area (Å²) in [6.45, 7) is 0.592. The molecule has 4 nitrogen and oxygen atoms in total. The van der Waals surface area contributed by atoms with Gasteiger partial charge in [-0.15, -0.1) is 0 Å². The molecule has 1 aromatic rings. The summed E-state index contributed by atoms with van der Waals surface area (Å²) in [5.74, 6) is 1.39. The second-order valence-corrected chi connectivity index (χ2v) is 6.12. The van der Waals surface area contributed by atoms with Crippen LogP contribution in [0.25, 0.3) is 0 Å². The van der Waals surface area contributed by atoms with Gasteiger partial charge in [-0.05, 0) is 25.0 Å². The third kappa shape index (κ3) is 2.08. The average molecular weight is 252 g/mol. The van der Waals surface area contributed by atoms with Crippen molar-refractivity contribution in [3.05, 3.63) is 17.7 Å². The second kappa shape index (κ2) is 4.37. The van der Waals surface area contributed by atoms with E-state index in [0.717, 1.165) is 24.4 Å². The first-order chi connectivity index (χ1) is 8.24. The second-order valence-electron chi connectivity index (χ2n) is 4.81. The Morgan fingerprint density at radius 2 is 2.41 bits per heavy atom. The lowest BCUT2D eigenvalue weighted by Gasteiger charge is -2.19. The van der Waals surface area contributed by atoms with Crippen LogP contribution in [0.1, 0.15) is 36.0 Å². The molecule has 1 fully saturated rings.